The zero-order valence-electron chi connectivity index (χ0n) is 6.49. The van der Waals surface area contributed by atoms with E-state index in [2.05, 4.69) is 0 Å². The molecule has 10 heavy (non-hydrogen) atoms. The summed E-state index contributed by atoms with van der Waals surface area (Å²) in [6.45, 7) is 0.963. The van der Waals surface area contributed by atoms with Crippen molar-refractivity contribution in [1.82, 2.24) is 0 Å². The smallest absolute Gasteiger partial charge is 0.251 e. The molecule has 4 heteroatoms. The third-order valence-electron chi connectivity index (χ3n) is 1.41. The van der Waals surface area contributed by atoms with Gasteiger partial charge in [-0.05, 0) is 18.5 Å². The van der Waals surface area contributed by atoms with Gasteiger partial charge < -0.3 is 4.74 Å². The first-order chi connectivity index (χ1) is 4.62. The summed E-state index contributed by atoms with van der Waals surface area (Å²) < 4.78 is 4.89. The molecule has 0 saturated carbocycles. The van der Waals surface area contributed by atoms with Gasteiger partial charge in [0.05, 0.1) is 0 Å². The summed E-state index contributed by atoms with van der Waals surface area (Å²) >= 11 is 12.0. The van der Waals surface area contributed by atoms with Gasteiger partial charge in [-0.25, -0.2) is 0 Å². The maximum Gasteiger partial charge on any atom is 0.251 e. The predicted molar refractivity (Wildman–Crippen MR) is 49.2 cm³/mol. The molecular formula is C6H14Cl2OSi. The van der Waals surface area contributed by atoms with Crippen molar-refractivity contribution in [2.75, 3.05) is 13.7 Å². The standard InChI is InChI=1S/C6H14Cl2OSi/c1-3-10(7,8)6-4-5-9-2/h3-6H2,1-2H3. The van der Waals surface area contributed by atoms with E-state index in [0.29, 0.717) is 0 Å². The predicted octanol–water partition coefficient (Wildman–Crippen LogP) is 2.96. The topological polar surface area (TPSA) is 9.23 Å². The summed E-state index contributed by atoms with van der Waals surface area (Å²) in [5.41, 5.74) is 0. The fourth-order valence-corrected chi connectivity index (χ4v) is 2.47. The van der Waals surface area contributed by atoms with Gasteiger partial charge in [-0.3, -0.25) is 0 Å². The Kier molecular flexibility index (Phi) is 5.82. The van der Waals surface area contributed by atoms with Crippen molar-refractivity contribution in [3.63, 3.8) is 0 Å². The van der Waals surface area contributed by atoms with Gasteiger partial charge in [0.25, 0.3) is 6.69 Å². The fourth-order valence-electron chi connectivity index (χ4n) is 0.652. The monoisotopic (exact) mass is 200 g/mol. The minimum absolute atomic E-state index is 0.772. The third kappa shape index (κ3) is 5.53. The summed E-state index contributed by atoms with van der Waals surface area (Å²) in [6, 6.07) is 1.88. The van der Waals surface area contributed by atoms with Crippen LogP contribution in [0.5, 0.6) is 0 Å². The molecule has 0 aliphatic rings. The first-order valence-electron chi connectivity index (χ1n) is 3.49. The SMILES string of the molecule is CC[Si](Cl)(Cl)CCCOC. The van der Waals surface area contributed by atoms with Gasteiger partial charge in [0.2, 0.25) is 0 Å². The highest BCUT2D eigenvalue weighted by Gasteiger charge is 2.24. The Labute approximate surface area is 73.1 Å². The Morgan fingerprint density at radius 2 is 2.00 bits per heavy atom. The molecule has 0 saturated heterocycles. The van der Waals surface area contributed by atoms with Crippen LogP contribution in [0.2, 0.25) is 12.1 Å². The summed E-state index contributed by atoms with van der Waals surface area (Å²) in [7, 11) is 1.69. The van der Waals surface area contributed by atoms with Gasteiger partial charge in [-0.1, -0.05) is 6.92 Å². The van der Waals surface area contributed by atoms with Crippen molar-refractivity contribution in [2.45, 2.75) is 25.4 Å². The quantitative estimate of drug-likeness (QED) is 0.377. The first kappa shape index (κ1) is 10.8. The van der Waals surface area contributed by atoms with E-state index in [1.807, 2.05) is 6.92 Å². The average Bonchev–Trinajstić information content (AvgIpc) is 1.89. The van der Waals surface area contributed by atoms with Crippen LogP contribution >= 0.6 is 22.2 Å². The van der Waals surface area contributed by atoms with E-state index in [1.54, 1.807) is 7.11 Å². The maximum atomic E-state index is 6.01. The molecule has 0 radical (unpaired) electrons. The van der Waals surface area contributed by atoms with Crippen molar-refractivity contribution in [3.05, 3.63) is 0 Å². The van der Waals surface area contributed by atoms with E-state index in [-0.39, 0.29) is 0 Å². The molecule has 0 aromatic rings. The lowest BCUT2D eigenvalue weighted by Crippen LogP contribution is -2.17. The van der Waals surface area contributed by atoms with E-state index < -0.39 is 6.69 Å². The van der Waals surface area contributed by atoms with Crippen LogP contribution in [0.1, 0.15) is 13.3 Å². The minimum Gasteiger partial charge on any atom is -0.385 e. The number of ether oxygens (including phenoxy) is 1. The summed E-state index contributed by atoms with van der Waals surface area (Å²) in [4.78, 5) is 0. The van der Waals surface area contributed by atoms with Crippen LogP contribution in [0.3, 0.4) is 0 Å². The van der Waals surface area contributed by atoms with Gasteiger partial charge in [0.1, 0.15) is 0 Å². The van der Waals surface area contributed by atoms with Crippen molar-refractivity contribution < 1.29 is 4.74 Å². The number of methoxy groups -OCH3 is 1. The molecule has 0 aromatic heterocycles. The number of halogens is 2. The minimum atomic E-state index is -1.85. The number of rotatable bonds is 5. The molecule has 0 bridgehead atoms. The Hall–Kier alpha value is 0.757. The summed E-state index contributed by atoms with van der Waals surface area (Å²) in [5, 5.41) is 0. The van der Waals surface area contributed by atoms with Crippen LogP contribution in [0, 0.1) is 0 Å². The van der Waals surface area contributed by atoms with E-state index in [1.165, 1.54) is 0 Å². The Morgan fingerprint density at radius 1 is 1.40 bits per heavy atom. The molecule has 0 rings (SSSR count). The van der Waals surface area contributed by atoms with Crippen molar-refractivity contribution in [1.29, 1.82) is 0 Å². The highest BCUT2D eigenvalue weighted by Crippen LogP contribution is 2.26. The highest BCUT2D eigenvalue weighted by atomic mass is 35.7. The molecule has 0 aromatic carbocycles. The largest absolute Gasteiger partial charge is 0.385 e. The van der Waals surface area contributed by atoms with Gasteiger partial charge in [0, 0.05) is 13.7 Å². The second-order valence-electron chi connectivity index (χ2n) is 2.31. The normalized spacial score (nSPS) is 12.0. The molecule has 0 spiro atoms. The zero-order chi connectivity index (χ0) is 8.04. The van der Waals surface area contributed by atoms with Gasteiger partial charge in [0.15, 0.2) is 0 Å². The lowest BCUT2D eigenvalue weighted by molar-refractivity contribution is 0.199. The molecule has 0 amide bonds. The zero-order valence-corrected chi connectivity index (χ0v) is 9.00. The number of hydrogen-bond donors (Lipinski definition) is 0. The van der Waals surface area contributed by atoms with Crippen LogP contribution in [0.25, 0.3) is 0 Å². The summed E-state index contributed by atoms with van der Waals surface area (Å²) in [6.07, 6.45) is 0.990. The van der Waals surface area contributed by atoms with Crippen LogP contribution in [-0.2, 0) is 4.74 Å². The van der Waals surface area contributed by atoms with Crippen molar-refractivity contribution in [2.24, 2.45) is 0 Å². The van der Waals surface area contributed by atoms with Crippen LogP contribution in [0.15, 0.2) is 0 Å². The maximum absolute atomic E-state index is 6.01. The van der Waals surface area contributed by atoms with E-state index in [4.69, 9.17) is 26.9 Å². The average molecular weight is 201 g/mol. The Balaban J connectivity index is 3.28. The molecule has 0 unspecified atom stereocenters. The van der Waals surface area contributed by atoms with Gasteiger partial charge >= 0.3 is 0 Å². The van der Waals surface area contributed by atoms with Crippen molar-refractivity contribution in [3.8, 4) is 0 Å². The van der Waals surface area contributed by atoms with E-state index in [9.17, 15) is 0 Å². The van der Waals surface area contributed by atoms with Crippen LogP contribution in [-0.4, -0.2) is 20.4 Å². The Bertz CT molecular complexity index is 87.8. The second-order valence-corrected chi connectivity index (χ2v) is 10.1. The lowest BCUT2D eigenvalue weighted by atomic mass is 10.5. The van der Waals surface area contributed by atoms with E-state index >= 15 is 0 Å². The molecule has 0 aliphatic heterocycles. The molecule has 0 heterocycles. The molecule has 0 atom stereocenters. The Morgan fingerprint density at radius 3 is 2.40 bits per heavy atom. The molecule has 62 valence electrons. The van der Waals surface area contributed by atoms with Gasteiger partial charge in [-0.2, -0.15) is 0 Å². The second kappa shape index (κ2) is 5.41. The van der Waals surface area contributed by atoms with Crippen LogP contribution in [0.4, 0.5) is 0 Å². The van der Waals surface area contributed by atoms with Gasteiger partial charge in [-0.15, -0.1) is 22.2 Å². The third-order valence-corrected chi connectivity index (χ3v) is 6.27. The lowest BCUT2D eigenvalue weighted by Gasteiger charge is -2.12. The highest BCUT2D eigenvalue weighted by molar-refractivity contribution is 7.45. The fraction of sp³-hybridized carbons (Fsp3) is 1.00. The molecule has 0 aliphatic carbocycles. The van der Waals surface area contributed by atoms with Crippen molar-refractivity contribution >= 4 is 28.9 Å². The molecule has 0 N–H and O–H groups in total. The molecule has 1 nitrogen and oxygen atoms in total. The first-order valence-corrected chi connectivity index (χ1v) is 7.93. The molecular weight excluding hydrogens is 187 g/mol. The number of hydrogen-bond acceptors (Lipinski definition) is 1. The van der Waals surface area contributed by atoms with Crippen LogP contribution < -0.4 is 0 Å². The van der Waals surface area contributed by atoms with E-state index in [0.717, 1.165) is 25.1 Å². The molecule has 0 fully saturated rings. The summed E-state index contributed by atoms with van der Waals surface area (Å²) in [5.74, 6) is 0.